The van der Waals surface area contributed by atoms with Gasteiger partial charge in [0.25, 0.3) is 0 Å². The minimum atomic E-state index is 0.258. The van der Waals surface area contributed by atoms with Crippen LogP contribution in [0.5, 0.6) is 0 Å². The monoisotopic (exact) mass is 358 g/mol. The first kappa shape index (κ1) is 16.3. The predicted molar refractivity (Wildman–Crippen MR) is 90.3 cm³/mol. The Morgan fingerprint density at radius 2 is 2.10 bits per heavy atom. The first-order chi connectivity index (χ1) is 9.49. The summed E-state index contributed by atoms with van der Waals surface area (Å²) >= 11 is 9.83. The van der Waals surface area contributed by atoms with Gasteiger partial charge in [0.2, 0.25) is 0 Å². The molecule has 0 saturated carbocycles. The Morgan fingerprint density at radius 3 is 2.70 bits per heavy atom. The Morgan fingerprint density at radius 1 is 1.40 bits per heavy atom. The first-order valence-electron chi connectivity index (χ1n) is 7.42. The SMILES string of the molecule is CCC1(CC)CN(Cc2ccc(Br)cc2Cl)C(C)CN1. The van der Waals surface area contributed by atoms with Gasteiger partial charge in [-0.1, -0.05) is 47.4 Å². The lowest BCUT2D eigenvalue weighted by atomic mass is 9.88. The quantitative estimate of drug-likeness (QED) is 0.854. The minimum Gasteiger partial charge on any atom is -0.308 e. The lowest BCUT2D eigenvalue weighted by molar-refractivity contribution is 0.0746. The molecule has 112 valence electrons. The summed E-state index contributed by atoms with van der Waals surface area (Å²) in [5, 5.41) is 4.59. The second-order valence-electron chi connectivity index (χ2n) is 5.86. The Balaban J connectivity index is 2.14. The zero-order valence-electron chi connectivity index (χ0n) is 12.5. The number of piperazine rings is 1. The van der Waals surface area contributed by atoms with Gasteiger partial charge >= 0.3 is 0 Å². The maximum atomic E-state index is 6.36. The van der Waals surface area contributed by atoms with Crippen LogP contribution >= 0.6 is 27.5 Å². The molecule has 2 rings (SSSR count). The summed E-state index contributed by atoms with van der Waals surface area (Å²) in [6, 6.07) is 6.72. The minimum absolute atomic E-state index is 0.258. The Hall–Kier alpha value is -0.0900. The normalized spacial score (nSPS) is 22.9. The van der Waals surface area contributed by atoms with Crippen molar-refractivity contribution in [3.05, 3.63) is 33.3 Å². The average Bonchev–Trinajstić information content (AvgIpc) is 2.44. The van der Waals surface area contributed by atoms with E-state index in [1.54, 1.807) is 0 Å². The Labute approximate surface area is 136 Å². The maximum absolute atomic E-state index is 6.36. The van der Waals surface area contributed by atoms with Crippen LogP contribution in [0, 0.1) is 0 Å². The van der Waals surface area contributed by atoms with Gasteiger partial charge in [0.1, 0.15) is 0 Å². The van der Waals surface area contributed by atoms with E-state index in [1.165, 1.54) is 18.4 Å². The fourth-order valence-electron chi connectivity index (χ4n) is 2.90. The molecular formula is C16H24BrClN2. The third-order valence-electron chi connectivity index (χ3n) is 4.64. The van der Waals surface area contributed by atoms with Crippen molar-refractivity contribution in [2.45, 2.75) is 51.7 Å². The second-order valence-corrected chi connectivity index (χ2v) is 7.18. The number of hydrogen-bond donors (Lipinski definition) is 1. The maximum Gasteiger partial charge on any atom is 0.0462 e. The zero-order chi connectivity index (χ0) is 14.8. The molecule has 0 radical (unpaired) electrons. The molecule has 1 aliphatic heterocycles. The van der Waals surface area contributed by atoms with Crippen LogP contribution in [0.2, 0.25) is 5.02 Å². The van der Waals surface area contributed by atoms with Crippen LogP contribution in [-0.4, -0.2) is 29.6 Å². The molecule has 0 aliphatic carbocycles. The fourth-order valence-corrected chi connectivity index (χ4v) is 3.63. The average molecular weight is 360 g/mol. The molecule has 1 fully saturated rings. The van der Waals surface area contributed by atoms with Gasteiger partial charge in [-0.05, 0) is 37.5 Å². The van der Waals surface area contributed by atoms with E-state index >= 15 is 0 Å². The van der Waals surface area contributed by atoms with E-state index in [0.717, 1.165) is 29.1 Å². The number of nitrogens with one attached hydrogen (secondary N) is 1. The summed E-state index contributed by atoms with van der Waals surface area (Å²) < 4.78 is 1.04. The molecule has 1 saturated heterocycles. The summed E-state index contributed by atoms with van der Waals surface area (Å²) in [5.74, 6) is 0. The predicted octanol–water partition coefficient (Wildman–Crippen LogP) is 4.46. The van der Waals surface area contributed by atoms with E-state index in [4.69, 9.17) is 11.6 Å². The smallest absolute Gasteiger partial charge is 0.0462 e. The van der Waals surface area contributed by atoms with Crippen molar-refractivity contribution in [1.29, 1.82) is 0 Å². The molecule has 1 aromatic carbocycles. The summed E-state index contributed by atoms with van der Waals surface area (Å²) in [4.78, 5) is 2.55. The molecule has 1 heterocycles. The standard InChI is InChI=1S/C16H24BrClN2/c1-4-16(5-2)11-20(12(3)9-19-16)10-13-6-7-14(17)8-15(13)18/h6-8,12,19H,4-5,9-11H2,1-3H3. The molecule has 2 nitrogen and oxygen atoms in total. The number of nitrogens with zero attached hydrogens (tertiary/aromatic N) is 1. The van der Waals surface area contributed by atoms with Crippen molar-refractivity contribution in [1.82, 2.24) is 10.2 Å². The van der Waals surface area contributed by atoms with E-state index < -0.39 is 0 Å². The highest BCUT2D eigenvalue weighted by Gasteiger charge is 2.35. The van der Waals surface area contributed by atoms with Gasteiger partial charge in [0, 0.05) is 40.7 Å². The van der Waals surface area contributed by atoms with Crippen LogP contribution in [0.25, 0.3) is 0 Å². The first-order valence-corrected chi connectivity index (χ1v) is 8.60. The zero-order valence-corrected chi connectivity index (χ0v) is 14.9. The van der Waals surface area contributed by atoms with Crippen LogP contribution in [-0.2, 0) is 6.54 Å². The summed E-state index contributed by atoms with van der Waals surface area (Å²) in [6.07, 6.45) is 2.33. The van der Waals surface area contributed by atoms with E-state index in [2.05, 4.69) is 59.1 Å². The van der Waals surface area contributed by atoms with Crippen molar-refractivity contribution < 1.29 is 0 Å². The number of hydrogen-bond acceptors (Lipinski definition) is 2. The summed E-state index contributed by atoms with van der Waals surface area (Å²) in [7, 11) is 0. The molecular weight excluding hydrogens is 336 g/mol. The van der Waals surface area contributed by atoms with Crippen molar-refractivity contribution in [3.8, 4) is 0 Å². The van der Waals surface area contributed by atoms with E-state index in [9.17, 15) is 0 Å². The van der Waals surface area contributed by atoms with Crippen LogP contribution in [0.3, 0.4) is 0 Å². The van der Waals surface area contributed by atoms with Gasteiger partial charge in [-0.3, -0.25) is 4.90 Å². The number of rotatable bonds is 4. The second kappa shape index (κ2) is 6.78. The van der Waals surface area contributed by atoms with Crippen molar-refractivity contribution >= 4 is 27.5 Å². The molecule has 1 N–H and O–H groups in total. The van der Waals surface area contributed by atoms with Gasteiger partial charge in [0.05, 0.1) is 0 Å². The number of halogens is 2. The highest BCUT2D eigenvalue weighted by Crippen LogP contribution is 2.27. The third kappa shape index (κ3) is 3.56. The van der Waals surface area contributed by atoms with Crippen LogP contribution in [0.4, 0.5) is 0 Å². The Bertz CT molecular complexity index is 460. The molecule has 20 heavy (non-hydrogen) atoms. The summed E-state index contributed by atoms with van der Waals surface area (Å²) in [5.41, 5.74) is 1.47. The topological polar surface area (TPSA) is 15.3 Å². The highest BCUT2D eigenvalue weighted by molar-refractivity contribution is 9.10. The van der Waals surface area contributed by atoms with Gasteiger partial charge in [-0.2, -0.15) is 0 Å². The third-order valence-corrected chi connectivity index (χ3v) is 5.49. The lowest BCUT2D eigenvalue weighted by Gasteiger charge is -2.46. The molecule has 0 bridgehead atoms. The van der Waals surface area contributed by atoms with Crippen LogP contribution < -0.4 is 5.32 Å². The molecule has 0 aromatic heterocycles. The van der Waals surface area contributed by atoms with Gasteiger partial charge in [-0.15, -0.1) is 0 Å². The fraction of sp³-hybridized carbons (Fsp3) is 0.625. The van der Waals surface area contributed by atoms with Crippen LogP contribution in [0.1, 0.15) is 39.2 Å². The highest BCUT2D eigenvalue weighted by atomic mass is 79.9. The van der Waals surface area contributed by atoms with Gasteiger partial charge < -0.3 is 5.32 Å². The van der Waals surface area contributed by atoms with Crippen molar-refractivity contribution in [2.75, 3.05) is 13.1 Å². The summed E-state index contributed by atoms with van der Waals surface area (Å²) in [6.45, 7) is 9.91. The molecule has 1 atom stereocenters. The molecule has 1 aromatic rings. The lowest BCUT2D eigenvalue weighted by Crippen LogP contribution is -2.62. The van der Waals surface area contributed by atoms with E-state index in [1.807, 2.05) is 6.07 Å². The van der Waals surface area contributed by atoms with Crippen molar-refractivity contribution in [2.24, 2.45) is 0 Å². The van der Waals surface area contributed by atoms with Gasteiger partial charge in [0.15, 0.2) is 0 Å². The van der Waals surface area contributed by atoms with E-state index in [0.29, 0.717) is 6.04 Å². The van der Waals surface area contributed by atoms with E-state index in [-0.39, 0.29) is 5.54 Å². The molecule has 1 aliphatic rings. The van der Waals surface area contributed by atoms with Crippen LogP contribution in [0.15, 0.2) is 22.7 Å². The van der Waals surface area contributed by atoms with Gasteiger partial charge in [-0.25, -0.2) is 0 Å². The molecule has 0 amide bonds. The Kier molecular flexibility index (Phi) is 5.52. The van der Waals surface area contributed by atoms with Crippen molar-refractivity contribution in [3.63, 3.8) is 0 Å². The molecule has 1 unspecified atom stereocenters. The molecule has 4 heteroatoms. The number of benzene rings is 1. The molecule has 0 spiro atoms. The largest absolute Gasteiger partial charge is 0.308 e.